The molecule has 0 spiro atoms. The number of methoxy groups -OCH3 is 2. The van der Waals surface area contributed by atoms with Gasteiger partial charge in [-0.15, -0.1) is 0 Å². The van der Waals surface area contributed by atoms with Crippen molar-refractivity contribution in [1.82, 2.24) is 0 Å². The number of hydrogen-bond donors (Lipinski definition) is 1. The van der Waals surface area contributed by atoms with Gasteiger partial charge in [0, 0.05) is 5.56 Å². The van der Waals surface area contributed by atoms with Gasteiger partial charge in [-0.3, -0.25) is 0 Å². The average Bonchev–Trinajstić information content (AvgIpc) is 2.91. The fourth-order valence-corrected chi connectivity index (χ4v) is 2.20. The van der Waals surface area contributed by atoms with Crippen LogP contribution < -0.4 is 9.47 Å². The second kappa shape index (κ2) is 5.23. The average molecular weight is 234 g/mol. The van der Waals surface area contributed by atoms with Crippen molar-refractivity contribution in [2.24, 2.45) is 0 Å². The molecule has 0 bridgehead atoms. The molecule has 1 aliphatic carbocycles. The summed E-state index contributed by atoms with van der Waals surface area (Å²) in [7, 11) is 3.23. The molecule has 0 radical (unpaired) electrons. The largest absolute Gasteiger partial charge is 0.497 e. The summed E-state index contributed by atoms with van der Waals surface area (Å²) in [5.41, 5.74) is 1.86. The Balaban J connectivity index is 2.34. The van der Waals surface area contributed by atoms with Crippen molar-refractivity contribution in [3.63, 3.8) is 0 Å². The SMILES string of the molecule is COc1ccc(OC)c(C(O)C2=CCCC2)c1. The monoisotopic (exact) mass is 234 g/mol. The Labute approximate surface area is 102 Å². The van der Waals surface area contributed by atoms with E-state index in [1.807, 2.05) is 18.2 Å². The van der Waals surface area contributed by atoms with E-state index in [1.165, 1.54) is 0 Å². The van der Waals surface area contributed by atoms with Crippen LogP contribution in [-0.4, -0.2) is 19.3 Å². The lowest BCUT2D eigenvalue weighted by Gasteiger charge is -2.17. The lowest BCUT2D eigenvalue weighted by Crippen LogP contribution is -2.03. The molecule has 0 aliphatic heterocycles. The predicted octanol–water partition coefficient (Wildman–Crippen LogP) is 2.85. The number of rotatable bonds is 4. The highest BCUT2D eigenvalue weighted by atomic mass is 16.5. The molecule has 0 amide bonds. The van der Waals surface area contributed by atoms with Gasteiger partial charge in [0.05, 0.1) is 14.2 Å². The van der Waals surface area contributed by atoms with Crippen LogP contribution in [0.4, 0.5) is 0 Å². The van der Waals surface area contributed by atoms with Gasteiger partial charge in [0.1, 0.15) is 17.6 Å². The molecule has 1 aromatic carbocycles. The van der Waals surface area contributed by atoms with Crippen molar-refractivity contribution in [2.75, 3.05) is 14.2 Å². The molecule has 0 heterocycles. The predicted molar refractivity (Wildman–Crippen MR) is 66.4 cm³/mol. The zero-order valence-corrected chi connectivity index (χ0v) is 10.3. The fraction of sp³-hybridized carbons (Fsp3) is 0.429. The van der Waals surface area contributed by atoms with Crippen molar-refractivity contribution >= 4 is 0 Å². The Morgan fingerprint density at radius 3 is 2.65 bits per heavy atom. The van der Waals surface area contributed by atoms with E-state index >= 15 is 0 Å². The van der Waals surface area contributed by atoms with Crippen molar-refractivity contribution in [3.8, 4) is 11.5 Å². The highest BCUT2D eigenvalue weighted by Gasteiger charge is 2.20. The second-order valence-electron chi connectivity index (χ2n) is 4.18. The lowest BCUT2D eigenvalue weighted by molar-refractivity contribution is 0.207. The molecular formula is C14H18O3. The van der Waals surface area contributed by atoms with Crippen molar-refractivity contribution in [1.29, 1.82) is 0 Å². The molecule has 0 saturated heterocycles. The number of aliphatic hydroxyl groups excluding tert-OH is 1. The maximum Gasteiger partial charge on any atom is 0.125 e. The Morgan fingerprint density at radius 2 is 2.06 bits per heavy atom. The highest BCUT2D eigenvalue weighted by molar-refractivity contribution is 5.44. The standard InChI is InChI=1S/C14H18O3/c1-16-11-7-8-13(17-2)12(9-11)14(15)10-5-3-4-6-10/h5,7-9,14-15H,3-4,6H2,1-2H3. The Morgan fingerprint density at radius 1 is 1.24 bits per heavy atom. The zero-order valence-electron chi connectivity index (χ0n) is 10.3. The Kier molecular flexibility index (Phi) is 3.69. The molecule has 1 atom stereocenters. The van der Waals surface area contributed by atoms with Gasteiger partial charge in [-0.25, -0.2) is 0 Å². The first-order valence-electron chi connectivity index (χ1n) is 5.85. The van der Waals surface area contributed by atoms with E-state index < -0.39 is 6.10 Å². The minimum atomic E-state index is -0.581. The number of ether oxygens (including phenoxy) is 2. The van der Waals surface area contributed by atoms with Gasteiger partial charge in [-0.05, 0) is 43.0 Å². The van der Waals surface area contributed by atoms with E-state index in [4.69, 9.17) is 9.47 Å². The molecule has 1 N–H and O–H groups in total. The third-order valence-electron chi connectivity index (χ3n) is 3.16. The van der Waals surface area contributed by atoms with Crippen LogP contribution in [-0.2, 0) is 0 Å². The van der Waals surface area contributed by atoms with Crippen LogP contribution in [0.15, 0.2) is 29.8 Å². The summed E-state index contributed by atoms with van der Waals surface area (Å²) < 4.78 is 10.5. The van der Waals surface area contributed by atoms with Crippen LogP contribution >= 0.6 is 0 Å². The van der Waals surface area contributed by atoms with Crippen LogP contribution in [0.3, 0.4) is 0 Å². The molecule has 1 unspecified atom stereocenters. The van der Waals surface area contributed by atoms with E-state index in [0.717, 1.165) is 36.1 Å². The van der Waals surface area contributed by atoms with Gasteiger partial charge in [0.15, 0.2) is 0 Å². The summed E-state index contributed by atoms with van der Waals surface area (Å²) >= 11 is 0. The second-order valence-corrected chi connectivity index (χ2v) is 4.18. The maximum atomic E-state index is 10.3. The number of aliphatic hydroxyl groups is 1. The lowest BCUT2D eigenvalue weighted by atomic mass is 10.00. The molecule has 1 aliphatic rings. The number of hydrogen-bond acceptors (Lipinski definition) is 3. The molecule has 1 aromatic rings. The van der Waals surface area contributed by atoms with Crippen molar-refractivity contribution in [3.05, 3.63) is 35.4 Å². The van der Waals surface area contributed by atoms with Gasteiger partial charge >= 0.3 is 0 Å². The van der Waals surface area contributed by atoms with E-state index in [2.05, 4.69) is 6.08 Å². The molecule has 0 aromatic heterocycles. The van der Waals surface area contributed by atoms with Gasteiger partial charge < -0.3 is 14.6 Å². The summed E-state index contributed by atoms with van der Waals surface area (Å²) in [5.74, 6) is 1.43. The first-order valence-corrected chi connectivity index (χ1v) is 5.85. The fourth-order valence-electron chi connectivity index (χ4n) is 2.20. The molecule has 3 nitrogen and oxygen atoms in total. The number of benzene rings is 1. The summed E-state index contributed by atoms with van der Waals surface area (Å²) in [5, 5.41) is 10.3. The van der Waals surface area contributed by atoms with Crippen molar-refractivity contribution < 1.29 is 14.6 Å². The van der Waals surface area contributed by atoms with Crippen LogP contribution in [0.5, 0.6) is 11.5 Å². The van der Waals surface area contributed by atoms with Gasteiger partial charge in [-0.1, -0.05) is 6.08 Å². The molecular weight excluding hydrogens is 216 g/mol. The van der Waals surface area contributed by atoms with Crippen molar-refractivity contribution in [2.45, 2.75) is 25.4 Å². The van der Waals surface area contributed by atoms with Crippen LogP contribution in [0.1, 0.15) is 30.9 Å². The minimum absolute atomic E-state index is 0.581. The van der Waals surface area contributed by atoms with Gasteiger partial charge in [-0.2, -0.15) is 0 Å². The quantitative estimate of drug-likeness (QED) is 0.814. The normalized spacial score (nSPS) is 16.5. The van der Waals surface area contributed by atoms with Crippen LogP contribution in [0.25, 0.3) is 0 Å². The third-order valence-corrected chi connectivity index (χ3v) is 3.16. The molecule has 0 fully saturated rings. The smallest absolute Gasteiger partial charge is 0.125 e. The topological polar surface area (TPSA) is 38.7 Å². The van der Waals surface area contributed by atoms with Crippen LogP contribution in [0, 0.1) is 0 Å². The Hall–Kier alpha value is -1.48. The summed E-state index contributed by atoms with van der Waals surface area (Å²) in [6, 6.07) is 5.49. The molecule has 3 heteroatoms. The number of allylic oxidation sites excluding steroid dienone is 1. The maximum absolute atomic E-state index is 10.3. The molecule has 17 heavy (non-hydrogen) atoms. The zero-order chi connectivity index (χ0) is 12.3. The third kappa shape index (κ3) is 2.44. The van der Waals surface area contributed by atoms with Gasteiger partial charge in [0.25, 0.3) is 0 Å². The van der Waals surface area contributed by atoms with Crippen LogP contribution in [0.2, 0.25) is 0 Å². The molecule has 92 valence electrons. The van der Waals surface area contributed by atoms with E-state index in [0.29, 0.717) is 5.75 Å². The van der Waals surface area contributed by atoms with E-state index in [1.54, 1.807) is 14.2 Å². The van der Waals surface area contributed by atoms with E-state index in [9.17, 15) is 5.11 Å². The first-order chi connectivity index (χ1) is 8.26. The molecule has 0 saturated carbocycles. The summed E-state index contributed by atoms with van der Waals surface area (Å²) in [6.45, 7) is 0. The Bertz CT molecular complexity index is 423. The minimum Gasteiger partial charge on any atom is -0.497 e. The summed E-state index contributed by atoms with van der Waals surface area (Å²) in [4.78, 5) is 0. The molecule has 2 rings (SSSR count). The first kappa shape index (κ1) is 12.0. The van der Waals surface area contributed by atoms with E-state index in [-0.39, 0.29) is 0 Å². The van der Waals surface area contributed by atoms with Gasteiger partial charge in [0.2, 0.25) is 0 Å². The summed E-state index contributed by atoms with van der Waals surface area (Å²) in [6.07, 6.45) is 4.67. The highest BCUT2D eigenvalue weighted by Crippen LogP contribution is 2.36.